The van der Waals surface area contributed by atoms with Crippen molar-refractivity contribution < 1.29 is 9.53 Å². The fourth-order valence-electron chi connectivity index (χ4n) is 1.60. The first-order valence-electron chi connectivity index (χ1n) is 6.34. The van der Waals surface area contributed by atoms with Crippen molar-refractivity contribution in [2.45, 2.75) is 26.2 Å². The van der Waals surface area contributed by atoms with Gasteiger partial charge in [-0.05, 0) is 24.3 Å². The summed E-state index contributed by atoms with van der Waals surface area (Å²) >= 11 is 1.63. The fraction of sp³-hybridized carbons (Fsp3) is 0.333. The molecule has 5 heteroatoms. The highest BCUT2D eigenvalue weighted by molar-refractivity contribution is 7.13. The average Bonchev–Trinajstić information content (AvgIpc) is 2.86. The van der Waals surface area contributed by atoms with E-state index >= 15 is 0 Å². The van der Waals surface area contributed by atoms with Crippen molar-refractivity contribution in [1.29, 1.82) is 0 Å². The highest BCUT2D eigenvalue weighted by Crippen LogP contribution is 2.30. The first kappa shape index (κ1) is 14.5. The van der Waals surface area contributed by atoms with Crippen molar-refractivity contribution >= 4 is 17.2 Å². The molecule has 0 aliphatic carbocycles. The molecule has 4 nitrogen and oxygen atoms in total. The number of aromatic nitrogens is 1. The molecule has 0 unspecified atom stereocenters. The van der Waals surface area contributed by atoms with Crippen molar-refractivity contribution in [1.82, 2.24) is 4.98 Å². The number of hydrogen-bond acceptors (Lipinski definition) is 4. The van der Waals surface area contributed by atoms with E-state index in [0.29, 0.717) is 5.75 Å². The third-order valence-electron chi connectivity index (χ3n) is 2.75. The second kappa shape index (κ2) is 5.63. The van der Waals surface area contributed by atoms with Gasteiger partial charge < -0.3 is 10.5 Å². The van der Waals surface area contributed by atoms with Crippen LogP contribution in [0.1, 0.15) is 26.5 Å². The number of primary amides is 1. The predicted molar refractivity (Wildman–Crippen MR) is 80.9 cm³/mol. The van der Waals surface area contributed by atoms with Gasteiger partial charge in [0.2, 0.25) is 0 Å². The van der Waals surface area contributed by atoms with Gasteiger partial charge in [-0.2, -0.15) is 0 Å². The summed E-state index contributed by atoms with van der Waals surface area (Å²) in [6.07, 6.45) is 0. The van der Waals surface area contributed by atoms with Gasteiger partial charge in [-0.1, -0.05) is 20.8 Å². The van der Waals surface area contributed by atoms with Crippen LogP contribution >= 0.6 is 11.3 Å². The number of carbonyl (C=O) groups is 1. The fourth-order valence-corrected chi connectivity index (χ4v) is 2.65. The van der Waals surface area contributed by atoms with Gasteiger partial charge in [0.25, 0.3) is 5.91 Å². The molecule has 1 aromatic carbocycles. The van der Waals surface area contributed by atoms with Crippen LogP contribution in [0.4, 0.5) is 0 Å². The maximum atomic E-state index is 10.6. The van der Waals surface area contributed by atoms with Crippen LogP contribution in [-0.4, -0.2) is 17.5 Å². The molecule has 0 aliphatic rings. The molecule has 0 saturated carbocycles. The van der Waals surface area contributed by atoms with Crippen LogP contribution in [0, 0.1) is 0 Å². The Morgan fingerprint density at radius 3 is 2.45 bits per heavy atom. The van der Waals surface area contributed by atoms with Gasteiger partial charge in [0.1, 0.15) is 10.8 Å². The molecule has 20 heavy (non-hydrogen) atoms. The monoisotopic (exact) mass is 290 g/mol. The van der Waals surface area contributed by atoms with E-state index in [0.717, 1.165) is 16.3 Å². The van der Waals surface area contributed by atoms with Crippen molar-refractivity contribution in [2.24, 2.45) is 5.73 Å². The summed E-state index contributed by atoms with van der Waals surface area (Å²) in [4.78, 5) is 15.3. The van der Waals surface area contributed by atoms with Gasteiger partial charge in [-0.3, -0.25) is 4.79 Å². The second-order valence-electron chi connectivity index (χ2n) is 5.57. The Morgan fingerprint density at radius 1 is 1.30 bits per heavy atom. The van der Waals surface area contributed by atoms with Crippen LogP contribution in [0.3, 0.4) is 0 Å². The van der Waals surface area contributed by atoms with Crippen LogP contribution < -0.4 is 10.5 Å². The minimum atomic E-state index is -0.483. The summed E-state index contributed by atoms with van der Waals surface area (Å²) in [5, 5.41) is 3.07. The van der Waals surface area contributed by atoms with E-state index in [2.05, 4.69) is 31.1 Å². The number of benzene rings is 1. The number of rotatable bonds is 4. The Kier molecular flexibility index (Phi) is 4.09. The van der Waals surface area contributed by atoms with Gasteiger partial charge in [0.15, 0.2) is 6.61 Å². The van der Waals surface area contributed by atoms with E-state index in [-0.39, 0.29) is 12.0 Å². The topological polar surface area (TPSA) is 65.2 Å². The second-order valence-corrected chi connectivity index (χ2v) is 6.43. The minimum absolute atomic E-state index is 0.0549. The van der Waals surface area contributed by atoms with E-state index in [1.165, 1.54) is 0 Å². The van der Waals surface area contributed by atoms with Crippen LogP contribution in [-0.2, 0) is 10.2 Å². The van der Waals surface area contributed by atoms with Gasteiger partial charge in [0, 0.05) is 16.4 Å². The van der Waals surface area contributed by atoms with Gasteiger partial charge >= 0.3 is 0 Å². The van der Waals surface area contributed by atoms with E-state index in [1.807, 2.05) is 24.3 Å². The summed E-state index contributed by atoms with van der Waals surface area (Å²) in [6, 6.07) is 7.50. The standard InChI is InChI=1S/C15H18N2O2S/c1-15(2,3)12-9-20-14(17-12)10-4-6-11(7-5-10)19-8-13(16)18/h4-7,9H,8H2,1-3H3,(H2,16,18). The molecule has 2 rings (SSSR count). The Labute approximate surface area is 122 Å². The highest BCUT2D eigenvalue weighted by Gasteiger charge is 2.17. The zero-order valence-corrected chi connectivity index (χ0v) is 12.7. The van der Waals surface area contributed by atoms with Crippen LogP contribution in [0.5, 0.6) is 5.75 Å². The Morgan fingerprint density at radius 2 is 1.95 bits per heavy atom. The lowest BCUT2D eigenvalue weighted by Gasteiger charge is -2.14. The van der Waals surface area contributed by atoms with Crippen molar-refractivity contribution in [3.8, 4) is 16.3 Å². The van der Waals surface area contributed by atoms with Gasteiger partial charge in [-0.15, -0.1) is 11.3 Å². The summed E-state index contributed by atoms with van der Waals surface area (Å²) < 4.78 is 5.23. The molecule has 0 fully saturated rings. The molecule has 0 saturated heterocycles. The lowest BCUT2D eigenvalue weighted by atomic mass is 9.93. The zero-order valence-electron chi connectivity index (χ0n) is 11.8. The van der Waals surface area contributed by atoms with E-state index < -0.39 is 5.91 Å². The van der Waals surface area contributed by atoms with Crippen LogP contribution in [0.2, 0.25) is 0 Å². The van der Waals surface area contributed by atoms with Gasteiger partial charge in [-0.25, -0.2) is 4.98 Å². The average molecular weight is 290 g/mol. The molecule has 2 N–H and O–H groups in total. The lowest BCUT2D eigenvalue weighted by Crippen LogP contribution is -2.19. The molecule has 1 aromatic heterocycles. The first-order chi connectivity index (χ1) is 9.36. The number of hydrogen-bond donors (Lipinski definition) is 1. The molecule has 0 spiro atoms. The lowest BCUT2D eigenvalue weighted by molar-refractivity contribution is -0.119. The maximum Gasteiger partial charge on any atom is 0.255 e. The molecular formula is C15H18N2O2S. The van der Waals surface area contributed by atoms with E-state index in [1.54, 1.807) is 11.3 Å². The van der Waals surface area contributed by atoms with Gasteiger partial charge in [0.05, 0.1) is 5.69 Å². The zero-order chi connectivity index (χ0) is 14.8. The van der Waals surface area contributed by atoms with Crippen molar-refractivity contribution in [3.05, 3.63) is 35.3 Å². The molecule has 1 amide bonds. The van der Waals surface area contributed by atoms with E-state index in [9.17, 15) is 4.79 Å². The molecule has 0 aliphatic heterocycles. The summed E-state index contributed by atoms with van der Waals surface area (Å²) in [6.45, 7) is 6.33. The minimum Gasteiger partial charge on any atom is -0.484 e. The first-order valence-corrected chi connectivity index (χ1v) is 7.22. The van der Waals surface area contributed by atoms with Crippen molar-refractivity contribution in [3.63, 3.8) is 0 Å². The molecule has 0 radical (unpaired) electrons. The molecule has 0 atom stereocenters. The third-order valence-corrected chi connectivity index (χ3v) is 3.65. The highest BCUT2D eigenvalue weighted by atomic mass is 32.1. The smallest absolute Gasteiger partial charge is 0.255 e. The largest absolute Gasteiger partial charge is 0.484 e. The molecule has 2 aromatic rings. The molecule has 0 bridgehead atoms. The third kappa shape index (κ3) is 3.57. The number of nitrogens with zero attached hydrogens (tertiary/aromatic N) is 1. The quantitative estimate of drug-likeness (QED) is 0.941. The molecule has 106 valence electrons. The summed E-state index contributed by atoms with van der Waals surface area (Å²) in [7, 11) is 0. The van der Waals surface area contributed by atoms with E-state index in [4.69, 9.17) is 10.5 Å². The SMILES string of the molecule is CC(C)(C)c1csc(-c2ccc(OCC(N)=O)cc2)n1. The number of ether oxygens (including phenoxy) is 1. The Hall–Kier alpha value is -1.88. The van der Waals surface area contributed by atoms with Crippen LogP contribution in [0.15, 0.2) is 29.6 Å². The number of nitrogens with two attached hydrogens (primary N) is 1. The molecule has 1 heterocycles. The Balaban J connectivity index is 2.14. The molecular weight excluding hydrogens is 272 g/mol. The maximum absolute atomic E-state index is 10.6. The number of carbonyl (C=O) groups excluding carboxylic acids is 1. The predicted octanol–water partition coefficient (Wildman–Crippen LogP) is 2.97. The normalized spacial score (nSPS) is 11.3. The number of thiazole rings is 1. The summed E-state index contributed by atoms with van der Waals surface area (Å²) in [5.41, 5.74) is 7.22. The van der Waals surface area contributed by atoms with Crippen molar-refractivity contribution in [2.75, 3.05) is 6.61 Å². The number of amides is 1. The Bertz CT molecular complexity index is 597. The summed E-state index contributed by atoms with van der Waals surface area (Å²) in [5.74, 6) is 0.143. The van der Waals surface area contributed by atoms with Crippen LogP contribution in [0.25, 0.3) is 10.6 Å².